The van der Waals surface area contributed by atoms with Gasteiger partial charge in [0.15, 0.2) is 11.5 Å². The van der Waals surface area contributed by atoms with Gasteiger partial charge in [0, 0.05) is 17.3 Å². The van der Waals surface area contributed by atoms with Gasteiger partial charge in [0.05, 0.1) is 0 Å². The van der Waals surface area contributed by atoms with Gasteiger partial charge in [-0.15, -0.1) is 0 Å². The fourth-order valence-electron chi connectivity index (χ4n) is 2.70. The summed E-state index contributed by atoms with van der Waals surface area (Å²) in [6.45, 7) is 0.422. The van der Waals surface area contributed by atoms with Crippen molar-refractivity contribution in [3.63, 3.8) is 0 Å². The van der Waals surface area contributed by atoms with Gasteiger partial charge in [-0.05, 0) is 48.0 Å². The van der Waals surface area contributed by atoms with Gasteiger partial charge >= 0.3 is 0 Å². The summed E-state index contributed by atoms with van der Waals surface area (Å²) in [5, 5.41) is 2.85. The van der Waals surface area contributed by atoms with Gasteiger partial charge in [-0.3, -0.25) is 4.79 Å². The van der Waals surface area contributed by atoms with Crippen molar-refractivity contribution in [1.82, 2.24) is 0 Å². The lowest BCUT2D eigenvalue weighted by Crippen LogP contribution is -2.12. The second kappa shape index (κ2) is 7.37. The first kappa shape index (κ1) is 16.9. The molecule has 1 heterocycles. The van der Waals surface area contributed by atoms with Gasteiger partial charge < -0.3 is 19.5 Å². The molecular weight excluding hydrogens is 349 g/mol. The number of carbonyl (C=O) groups excluding carboxylic acids is 1. The Morgan fingerprint density at radius 3 is 2.74 bits per heavy atom. The van der Waals surface area contributed by atoms with Crippen LogP contribution in [0.3, 0.4) is 0 Å². The molecule has 0 spiro atoms. The molecule has 0 atom stereocenters. The third-order valence-electron chi connectivity index (χ3n) is 4.02. The Morgan fingerprint density at radius 1 is 1.00 bits per heavy atom. The van der Waals surface area contributed by atoms with Crippen LogP contribution in [0.15, 0.2) is 66.7 Å². The van der Waals surface area contributed by atoms with Crippen LogP contribution in [0.5, 0.6) is 17.2 Å². The van der Waals surface area contributed by atoms with Gasteiger partial charge in [-0.25, -0.2) is 4.39 Å². The van der Waals surface area contributed by atoms with Gasteiger partial charge in [-0.1, -0.05) is 18.2 Å². The maximum atomic E-state index is 13.2. The number of anilines is 1. The Bertz CT molecular complexity index is 989. The number of benzene rings is 3. The highest BCUT2D eigenvalue weighted by Gasteiger charge is 2.16. The zero-order chi connectivity index (χ0) is 18.6. The first-order chi connectivity index (χ1) is 13.2. The molecular formula is C21H16FNO4. The number of hydrogen-bond acceptors (Lipinski definition) is 4. The van der Waals surface area contributed by atoms with Crippen molar-refractivity contribution in [1.29, 1.82) is 0 Å². The Balaban J connectivity index is 1.42. The molecule has 27 heavy (non-hydrogen) atoms. The fourth-order valence-corrected chi connectivity index (χ4v) is 2.70. The molecule has 1 N–H and O–H groups in total. The van der Waals surface area contributed by atoms with E-state index >= 15 is 0 Å². The summed E-state index contributed by atoms with van der Waals surface area (Å²) in [5.41, 5.74) is 1.96. The number of halogens is 1. The summed E-state index contributed by atoms with van der Waals surface area (Å²) in [5.74, 6) is 1.03. The lowest BCUT2D eigenvalue weighted by Gasteiger charge is -2.09. The summed E-state index contributed by atoms with van der Waals surface area (Å²) in [6, 6.07) is 18.3. The van der Waals surface area contributed by atoms with Crippen LogP contribution in [0.1, 0.15) is 15.9 Å². The third kappa shape index (κ3) is 4.00. The Hall–Kier alpha value is -3.54. The maximum Gasteiger partial charge on any atom is 0.255 e. The molecule has 4 rings (SSSR count). The van der Waals surface area contributed by atoms with E-state index in [1.165, 1.54) is 12.1 Å². The van der Waals surface area contributed by atoms with Crippen molar-refractivity contribution in [2.75, 3.05) is 12.1 Å². The van der Waals surface area contributed by atoms with Gasteiger partial charge in [-0.2, -0.15) is 0 Å². The molecule has 5 nitrogen and oxygen atoms in total. The number of hydrogen-bond donors (Lipinski definition) is 1. The normalized spacial score (nSPS) is 11.9. The lowest BCUT2D eigenvalue weighted by atomic mass is 10.1. The third-order valence-corrected chi connectivity index (χ3v) is 4.02. The minimum atomic E-state index is -0.350. The highest BCUT2D eigenvalue weighted by atomic mass is 19.1. The number of carbonyl (C=O) groups is 1. The van der Waals surface area contributed by atoms with Crippen LogP contribution in [-0.2, 0) is 6.61 Å². The summed E-state index contributed by atoms with van der Waals surface area (Å²) in [7, 11) is 0. The predicted molar refractivity (Wildman–Crippen MR) is 97.7 cm³/mol. The smallest absolute Gasteiger partial charge is 0.255 e. The lowest BCUT2D eigenvalue weighted by molar-refractivity contribution is 0.102. The molecule has 3 aromatic rings. The first-order valence-corrected chi connectivity index (χ1v) is 8.36. The molecule has 0 aromatic heterocycles. The predicted octanol–water partition coefficient (Wildman–Crippen LogP) is 4.39. The maximum absolute atomic E-state index is 13.2. The van der Waals surface area contributed by atoms with E-state index in [4.69, 9.17) is 14.2 Å². The number of amides is 1. The molecule has 1 aliphatic heterocycles. The summed E-state index contributed by atoms with van der Waals surface area (Å²) < 4.78 is 29.3. The molecule has 0 fully saturated rings. The van der Waals surface area contributed by atoms with Crippen molar-refractivity contribution in [2.45, 2.75) is 6.61 Å². The van der Waals surface area contributed by atoms with Crippen LogP contribution in [-0.4, -0.2) is 12.7 Å². The highest BCUT2D eigenvalue weighted by molar-refractivity contribution is 6.04. The largest absolute Gasteiger partial charge is 0.489 e. The fraction of sp³-hybridized carbons (Fsp3) is 0.0952. The van der Waals surface area contributed by atoms with E-state index < -0.39 is 0 Å². The van der Waals surface area contributed by atoms with Crippen molar-refractivity contribution in [2.24, 2.45) is 0 Å². The van der Waals surface area contributed by atoms with E-state index in [0.717, 1.165) is 5.56 Å². The molecule has 0 aliphatic carbocycles. The van der Waals surface area contributed by atoms with Crippen LogP contribution in [0.25, 0.3) is 0 Å². The second-order valence-corrected chi connectivity index (χ2v) is 5.97. The molecule has 0 saturated heterocycles. The molecule has 1 amide bonds. The zero-order valence-electron chi connectivity index (χ0n) is 14.3. The van der Waals surface area contributed by atoms with Crippen molar-refractivity contribution >= 4 is 11.6 Å². The topological polar surface area (TPSA) is 56.8 Å². The summed E-state index contributed by atoms with van der Waals surface area (Å²) >= 11 is 0. The highest BCUT2D eigenvalue weighted by Crippen LogP contribution is 2.32. The van der Waals surface area contributed by atoms with Crippen LogP contribution in [0.4, 0.5) is 10.1 Å². The minimum Gasteiger partial charge on any atom is -0.489 e. The van der Waals surface area contributed by atoms with E-state index in [2.05, 4.69) is 5.32 Å². The van der Waals surface area contributed by atoms with Crippen molar-refractivity contribution < 1.29 is 23.4 Å². The van der Waals surface area contributed by atoms with Crippen LogP contribution >= 0.6 is 0 Å². The average Bonchev–Trinajstić information content (AvgIpc) is 3.14. The SMILES string of the molecule is O=C(Nc1cccc(COc2cccc(F)c2)c1)c1ccc2c(c1)OCO2. The van der Waals surface area contributed by atoms with Gasteiger partial charge in [0.1, 0.15) is 18.2 Å². The molecule has 0 bridgehead atoms. The number of fused-ring (bicyclic) bond motifs is 1. The van der Waals surface area contributed by atoms with E-state index in [9.17, 15) is 9.18 Å². The standard InChI is InChI=1S/C21H16FNO4/c22-16-4-2-6-18(11-16)25-12-14-3-1-5-17(9-14)23-21(24)15-7-8-19-20(10-15)27-13-26-19/h1-11H,12-13H2,(H,23,24). The number of rotatable bonds is 5. The van der Waals surface area contributed by atoms with E-state index in [1.807, 2.05) is 18.2 Å². The molecule has 136 valence electrons. The average molecular weight is 365 g/mol. The summed E-state index contributed by atoms with van der Waals surface area (Å²) in [6.07, 6.45) is 0. The van der Waals surface area contributed by atoms with Crippen LogP contribution in [0, 0.1) is 5.82 Å². The van der Waals surface area contributed by atoms with Crippen molar-refractivity contribution in [3.8, 4) is 17.2 Å². The van der Waals surface area contributed by atoms with Gasteiger partial charge in [0.25, 0.3) is 5.91 Å². The van der Waals surface area contributed by atoms with E-state index in [0.29, 0.717) is 28.5 Å². The monoisotopic (exact) mass is 365 g/mol. The second-order valence-electron chi connectivity index (χ2n) is 5.97. The summed E-state index contributed by atoms with van der Waals surface area (Å²) in [4.78, 5) is 12.5. The van der Waals surface area contributed by atoms with E-state index in [-0.39, 0.29) is 25.1 Å². The molecule has 3 aromatic carbocycles. The quantitative estimate of drug-likeness (QED) is 0.729. The minimum absolute atomic E-state index is 0.160. The Kier molecular flexibility index (Phi) is 4.61. The van der Waals surface area contributed by atoms with E-state index in [1.54, 1.807) is 36.4 Å². The Labute approximate surface area is 155 Å². The van der Waals surface area contributed by atoms with Crippen LogP contribution < -0.4 is 19.5 Å². The van der Waals surface area contributed by atoms with Crippen LogP contribution in [0.2, 0.25) is 0 Å². The number of nitrogens with one attached hydrogen (secondary N) is 1. The zero-order valence-corrected chi connectivity index (χ0v) is 14.3. The molecule has 6 heteroatoms. The molecule has 0 unspecified atom stereocenters. The van der Waals surface area contributed by atoms with Gasteiger partial charge in [0.2, 0.25) is 6.79 Å². The first-order valence-electron chi connectivity index (χ1n) is 8.36. The Morgan fingerprint density at radius 2 is 1.85 bits per heavy atom. The molecule has 0 radical (unpaired) electrons. The molecule has 0 saturated carbocycles. The van der Waals surface area contributed by atoms with Crippen molar-refractivity contribution in [3.05, 3.63) is 83.7 Å². The number of ether oxygens (including phenoxy) is 3. The molecule has 1 aliphatic rings.